The molecule has 3 aromatic carbocycles. The number of aliphatic hydroxyl groups is 2. The molecule has 0 fully saturated rings. The summed E-state index contributed by atoms with van der Waals surface area (Å²) in [6, 6.07) is 24.1. The first-order valence-corrected chi connectivity index (χ1v) is 11.5. The number of halogens is 1. The van der Waals surface area contributed by atoms with E-state index in [-0.39, 0.29) is 30.4 Å². The summed E-state index contributed by atoms with van der Waals surface area (Å²) in [6.07, 6.45) is 0.684. The molecule has 1 aromatic heterocycles. The number of amides is 1. The molecule has 0 saturated heterocycles. The van der Waals surface area contributed by atoms with Crippen molar-refractivity contribution in [3.8, 4) is 11.3 Å². The molecule has 4 rings (SSSR count). The first-order valence-electron chi connectivity index (χ1n) is 10.4. The quantitative estimate of drug-likeness (QED) is 0.294. The number of carbonyl (C=O) groups is 1. The Morgan fingerprint density at radius 1 is 0.939 bits per heavy atom. The summed E-state index contributed by atoms with van der Waals surface area (Å²) in [7, 11) is 0. The number of benzene rings is 3. The van der Waals surface area contributed by atoms with Crippen molar-refractivity contribution in [1.29, 1.82) is 0 Å². The third kappa shape index (κ3) is 5.81. The van der Waals surface area contributed by atoms with Crippen molar-refractivity contribution in [2.45, 2.75) is 19.1 Å². The molecule has 1 heterocycles. The van der Waals surface area contributed by atoms with E-state index in [1.165, 1.54) is 0 Å². The predicted octanol–water partition coefficient (Wildman–Crippen LogP) is 4.50. The monoisotopic (exact) mass is 551 g/mol. The Morgan fingerprint density at radius 2 is 1.61 bits per heavy atom. The molecule has 4 aromatic rings. The summed E-state index contributed by atoms with van der Waals surface area (Å²) in [5.74, 6) is -0.0235. The number of nitrogens with one attached hydrogen (secondary N) is 1. The molecule has 166 valence electrons. The Morgan fingerprint density at radius 3 is 2.27 bits per heavy atom. The lowest BCUT2D eigenvalue weighted by atomic mass is 10.0. The number of carbonyl (C=O) groups excluding carboxylic acids is 1. The SMILES string of the molecule is O=C(Cc1ccc(I)cc1)Nc1ncc(-c2ccc(CO)cc2)nc1C(O)c1ccccc1. The van der Waals surface area contributed by atoms with Crippen LogP contribution < -0.4 is 5.32 Å². The van der Waals surface area contributed by atoms with Gasteiger partial charge >= 0.3 is 0 Å². The lowest BCUT2D eigenvalue weighted by molar-refractivity contribution is -0.115. The maximum Gasteiger partial charge on any atom is 0.229 e. The third-order valence-electron chi connectivity index (χ3n) is 5.14. The van der Waals surface area contributed by atoms with Gasteiger partial charge in [-0.2, -0.15) is 0 Å². The van der Waals surface area contributed by atoms with Gasteiger partial charge in [0.2, 0.25) is 5.91 Å². The van der Waals surface area contributed by atoms with Crippen LogP contribution in [-0.2, 0) is 17.8 Å². The fraction of sp³-hybridized carbons (Fsp3) is 0.115. The summed E-state index contributed by atoms with van der Waals surface area (Å²) in [5.41, 5.74) is 3.93. The van der Waals surface area contributed by atoms with Gasteiger partial charge in [0.05, 0.1) is 24.9 Å². The van der Waals surface area contributed by atoms with Gasteiger partial charge in [0, 0.05) is 9.13 Å². The minimum Gasteiger partial charge on any atom is -0.392 e. The summed E-state index contributed by atoms with van der Waals surface area (Å²) in [6.45, 7) is -0.0462. The molecule has 0 aliphatic rings. The number of aliphatic hydroxyl groups excluding tert-OH is 2. The van der Waals surface area contributed by atoms with E-state index in [0.717, 1.165) is 20.3 Å². The number of hydrogen-bond acceptors (Lipinski definition) is 5. The highest BCUT2D eigenvalue weighted by atomic mass is 127. The van der Waals surface area contributed by atoms with Gasteiger partial charge in [0.15, 0.2) is 5.82 Å². The van der Waals surface area contributed by atoms with Crippen LogP contribution in [0.3, 0.4) is 0 Å². The van der Waals surface area contributed by atoms with Crippen molar-refractivity contribution >= 4 is 34.3 Å². The molecule has 6 nitrogen and oxygen atoms in total. The Balaban J connectivity index is 1.65. The largest absolute Gasteiger partial charge is 0.392 e. The van der Waals surface area contributed by atoms with Crippen LogP contribution in [0.1, 0.15) is 28.5 Å². The van der Waals surface area contributed by atoms with E-state index in [9.17, 15) is 15.0 Å². The van der Waals surface area contributed by atoms with Crippen molar-refractivity contribution < 1.29 is 15.0 Å². The Labute approximate surface area is 205 Å². The smallest absolute Gasteiger partial charge is 0.229 e. The minimum absolute atomic E-state index is 0.0462. The average molecular weight is 551 g/mol. The molecule has 0 radical (unpaired) electrons. The average Bonchev–Trinajstić information content (AvgIpc) is 2.86. The highest BCUT2D eigenvalue weighted by molar-refractivity contribution is 14.1. The Hall–Kier alpha value is -3.14. The fourth-order valence-electron chi connectivity index (χ4n) is 3.37. The fourth-order valence-corrected chi connectivity index (χ4v) is 3.73. The first kappa shape index (κ1) is 23.0. The molecule has 7 heteroatoms. The van der Waals surface area contributed by atoms with Crippen LogP contribution in [0.4, 0.5) is 5.82 Å². The van der Waals surface area contributed by atoms with Crippen LogP contribution in [0, 0.1) is 3.57 Å². The highest BCUT2D eigenvalue weighted by Crippen LogP contribution is 2.28. The van der Waals surface area contributed by atoms with Crippen LogP contribution in [-0.4, -0.2) is 26.1 Å². The standard InChI is InChI=1S/C26H22IN3O3/c27-21-12-8-17(9-13-21)14-23(32)30-26-24(25(33)20-4-2-1-3-5-20)29-22(15-28-26)19-10-6-18(16-31)7-11-19/h1-13,15,25,31,33H,14,16H2,(H,28,30,32). The topological polar surface area (TPSA) is 95.3 Å². The van der Waals surface area contributed by atoms with Crippen LogP contribution >= 0.6 is 22.6 Å². The van der Waals surface area contributed by atoms with E-state index >= 15 is 0 Å². The van der Waals surface area contributed by atoms with Gasteiger partial charge in [-0.25, -0.2) is 9.97 Å². The number of nitrogens with zero attached hydrogens (tertiary/aromatic N) is 2. The van der Waals surface area contributed by atoms with E-state index < -0.39 is 6.10 Å². The Bertz CT molecular complexity index is 1230. The van der Waals surface area contributed by atoms with Crippen LogP contribution in [0.5, 0.6) is 0 Å². The molecule has 1 atom stereocenters. The van der Waals surface area contributed by atoms with Gasteiger partial charge in [0.1, 0.15) is 11.8 Å². The van der Waals surface area contributed by atoms with Gasteiger partial charge < -0.3 is 15.5 Å². The second-order valence-electron chi connectivity index (χ2n) is 7.51. The summed E-state index contributed by atoms with van der Waals surface area (Å²) < 4.78 is 1.10. The van der Waals surface area contributed by atoms with Gasteiger partial charge in [-0.05, 0) is 51.4 Å². The zero-order chi connectivity index (χ0) is 23.2. The predicted molar refractivity (Wildman–Crippen MR) is 135 cm³/mol. The van der Waals surface area contributed by atoms with Crippen molar-refractivity contribution in [3.63, 3.8) is 0 Å². The molecular formula is C26H22IN3O3. The van der Waals surface area contributed by atoms with E-state index in [1.54, 1.807) is 30.5 Å². The summed E-state index contributed by atoms with van der Waals surface area (Å²) in [4.78, 5) is 21.8. The van der Waals surface area contributed by atoms with E-state index in [4.69, 9.17) is 0 Å². The normalized spacial score (nSPS) is 11.7. The summed E-state index contributed by atoms with van der Waals surface area (Å²) >= 11 is 2.22. The maximum atomic E-state index is 12.7. The van der Waals surface area contributed by atoms with Crippen molar-refractivity contribution in [3.05, 3.63) is 111 Å². The summed E-state index contributed by atoms with van der Waals surface area (Å²) in [5, 5.41) is 23.2. The van der Waals surface area contributed by atoms with Crippen LogP contribution in [0.2, 0.25) is 0 Å². The van der Waals surface area contributed by atoms with Gasteiger partial charge in [0.25, 0.3) is 0 Å². The molecular weight excluding hydrogens is 529 g/mol. The van der Waals surface area contributed by atoms with E-state index in [0.29, 0.717) is 11.3 Å². The van der Waals surface area contributed by atoms with Crippen LogP contribution in [0.25, 0.3) is 11.3 Å². The van der Waals surface area contributed by atoms with Crippen molar-refractivity contribution in [1.82, 2.24) is 9.97 Å². The molecule has 33 heavy (non-hydrogen) atoms. The second kappa shape index (κ2) is 10.7. The maximum absolute atomic E-state index is 12.7. The van der Waals surface area contributed by atoms with E-state index in [1.807, 2.05) is 54.6 Å². The zero-order valence-corrected chi connectivity index (χ0v) is 19.8. The lowest BCUT2D eigenvalue weighted by Crippen LogP contribution is -2.19. The minimum atomic E-state index is -1.07. The molecule has 0 bridgehead atoms. The third-order valence-corrected chi connectivity index (χ3v) is 5.86. The van der Waals surface area contributed by atoms with Crippen LogP contribution in [0.15, 0.2) is 85.1 Å². The van der Waals surface area contributed by atoms with Gasteiger partial charge in [-0.1, -0.05) is 66.7 Å². The molecule has 1 amide bonds. The van der Waals surface area contributed by atoms with E-state index in [2.05, 4.69) is 37.9 Å². The Kier molecular flexibility index (Phi) is 7.43. The second-order valence-corrected chi connectivity index (χ2v) is 8.75. The number of hydrogen-bond donors (Lipinski definition) is 3. The molecule has 3 N–H and O–H groups in total. The molecule has 0 aliphatic carbocycles. The highest BCUT2D eigenvalue weighted by Gasteiger charge is 2.20. The number of aromatic nitrogens is 2. The zero-order valence-electron chi connectivity index (χ0n) is 17.6. The van der Waals surface area contributed by atoms with Crippen molar-refractivity contribution in [2.75, 3.05) is 5.32 Å². The molecule has 1 unspecified atom stereocenters. The molecule has 0 aliphatic heterocycles. The number of anilines is 1. The van der Waals surface area contributed by atoms with Crippen molar-refractivity contribution in [2.24, 2.45) is 0 Å². The molecule has 0 spiro atoms. The van der Waals surface area contributed by atoms with Gasteiger partial charge in [-0.15, -0.1) is 0 Å². The lowest BCUT2D eigenvalue weighted by Gasteiger charge is -2.16. The first-order chi connectivity index (χ1) is 16.0. The number of rotatable bonds is 7. The van der Waals surface area contributed by atoms with Gasteiger partial charge in [-0.3, -0.25) is 4.79 Å². The molecule has 0 saturated carbocycles.